The van der Waals surface area contributed by atoms with Gasteiger partial charge in [-0.2, -0.15) is 0 Å². The topological polar surface area (TPSA) is 26.3 Å². The molecule has 0 spiro atoms. The Hall–Kier alpha value is 0.349. The molecule has 0 aliphatic carbocycles. The van der Waals surface area contributed by atoms with Crippen molar-refractivity contribution in [1.29, 1.82) is 0 Å². The molecule has 0 atom stereocenters. The second kappa shape index (κ2) is 6.75. The van der Waals surface area contributed by atoms with Crippen LogP contribution >= 0.6 is 0 Å². The molecule has 0 fully saturated rings. The van der Waals surface area contributed by atoms with Gasteiger partial charge in [-0.3, -0.25) is 0 Å². The van der Waals surface area contributed by atoms with E-state index in [1.54, 1.807) is 0 Å². The minimum absolute atomic E-state index is 0.0640. The van der Waals surface area contributed by atoms with Crippen LogP contribution in [0.4, 0.5) is 13.2 Å². The van der Waals surface area contributed by atoms with E-state index < -0.39 is 32.8 Å². The van der Waals surface area contributed by atoms with Crippen molar-refractivity contribution in [2.24, 2.45) is 0 Å². The molecule has 0 aliphatic heterocycles. The third kappa shape index (κ3) is 10.3. The van der Waals surface area contributed by atoms with Crippen LogP contribution < -0.4 is 0 Å². The summed E-state index contributed by atoms with van der Waals surface area (Å²) in [5.74, 6) is 0. The predicted octanol–water partition coefficient (Wildman–Crippen LogP) is 2.67. The van der Waals surface area contributed by atoms with Gasteiger partial charge in [0.1, 0.15) is 0 Å². The molecule has 0 unspecified atom stereocenters. The van der Waals surface area contributed by atoms with Crippen molar-refractivity contribution in [1.82, 2.24) is 0 Å². The van der Waals surface area contributed by atoms with E-state index in [9.17, 15) is 16.2 Å². The summed E-state index contributed by atoms with van der Waals surface area (Å²) in [5.41, 5.74) is 0. The van der Waals surface area contributed by atoms with Crippen LogP contribution in [0.2, 0.25) is 4.44 Å². The van der Waals surface area contributed by atoms with Gasteiger partial charge in [0.2, 0.25) is 0 Å². The third-order valence-corrected chi connectivity index (χ3v) is 4.98. The summed E-state index contributed by atoms with van der Waals surface area (Å²) in [4.78, 5) is 0. The Bertz CT molecular complexity index is 158. The predicted molar refractivity (Wildman–Crippen MR) is 42.8 cm³/mol. The van der Waals surface area contributed by atoms with Crippen LogP contribution in [0.15, 0.2) is 0 Å². The van der Waals surface area contributed by atoms with Gasteiger partial charge in [-0.25, -0.2) is 0 Å². The van der Waals surface area contributed by atoms with Gasteiger partial charge in [0.15, 0.2) is 0 Å². The van der Waals surface area contributed by atoms with Crippen LogP contribution in [0.1, 0.15) is 26.2 Å². The molecule has 0 aromatic rings. The molecule has 0 aromatic heterocycles. The van der Waals surface area contributed by atoms with Crippen molar-refractivity contribution in [3.8, 4) is 0 Å². The number of alkyl halides is 3. The van der Waals surface area contributed by atoms with Crippen molar-refractivity contribution in [2.75, 3.05) is 6.61 Å². The van der Waals surface area contributed by atoms with E-state index in [1.807, 2.05) is 6.92 Å². The fraction of sp³-hybridized carbons (Fsp3) is 1.00. The second-order valence-corrected chi connectivity index (χ2v) is 7.06. The molecule has 0 bridgehead atoms. The van der Waals surface area contributed by atoms with Gasteiger partial charge < -0.3 is 0 Å². The maximum atomic E-state index is 11.6. The van der Waals surface area contributed by atoms with Crippen LogP contribution in [0.25, 0.3) is 0 Å². The monoisotopic (exact) mass is 306 g/mol. The van der Waals surface area contributed by atoms with Gasteiger partial charge in [-0.1, -0.05) is 0 Å². The molecule has 0 saturated heterocycles. The van der Waals surface area contributed by atoms with Crippen molar-refractivity contribution >= 4 is 20.2 Å². The summed E-state index contributed by atoms with van der Waals surface area (Å²) in [6.45, 7) is 2.27. The zero-order valence-electron chi connectivity index (χ0n) is 7.49. The van der Waals surface area contributed by atoms with Crippen molar-refractivity contribution in [3.05, 3.63) is 0 Å². The molecule has 13 heavy (non-hydrogen) atoms. The standard InChI is InChI=1S/C4H6F3.C3H7O.O.Sn/c1-2-3-4(5,6)7;1-2-3-4;;/h1-3H2;2-3H2,1H3;;/q;-1;;+1. The Morgan fingerprint density at radius 2 is 2.00 bits per heavy atom. The van der Waals surface area contributed by atoms with E-state index in [0.717, 1.165) is 6.42 Å². The average Bonchev–Trinajstić information content (AvgIpc) is 1.98. The fourth-order valence-electron chi connectivity index (χ4n) is 0.721. The van der Waals surface area contributed by atoms with Gasteiger partial charge in [0.05, 0.1) is 0 Å². The van der Waals surface area contributed by atoms with E-state index in [4.69, 9.17) is 3.07 Å². The molecule has 0 aromatic carbocycles. The van der Waals surface area contributed by atoms with E-state index in [2.05, 4.69) is 0 Å². The zero-order chi connectivity index (χ0) is 10.3. The van der Waals surface area contributed by atoms with Crippen molar-refractivity contribution < 1.29 is 19.3 Å². The third-order valence-electron chi connectivity index (χ3n) is 1.31. The fourth-order valence-corrected chi connectivity index (χ4v) is 3.69. The first-order chi connectivity index (χ1) is 5.95. The van der Waals surface area contributed by atoms with E-state index in [1.165, 1.54) is 0 Å². The Kier molecular flexibility index (Phi) is 6.93. The molecule has 0 amide bonds. The van der Waals surface area contributed by atoms with Crippen molar-refractivity contribution in [2.45, 2.75) is 36.8 Å². The van der Waals surface area contributed by atoms with Crippen molar-refractivity contribution in [3.63, 3.8) is 0 Å². The summed E-state index contributed by atoms with van der Waals surface area (Å²) in [5, 5.41) is 0. The Morgan fingerprint density at radius 3 is 2.46 bits per heavy atom. The first-order valence-electron chi connectivity index (χ1n) is 4.18. The quantitative estimate of drug-likeness (QED) is 0.705. The Morgan fingerprint density at radius 1 is 1.38 bits per heavy atom. The summed E-state index contributed by atoms with van der Waals surface area (Å²) in [6, 6.07) is 0. The van der Waals surface area contributed by atoms with Gasteiger partial charge in [0, 0.05) is 0 Å². The van der Waals surface area contributed by atoms with Gasteiger partial charge in [0.25, 0.3) is 0 Å². The average molecular weight is 305 g/mol. The molecule has 0 rings (SSSR count). The van der Waals surface area contributed by atoms with Crippen LogP contribution in [-0.2, 0) is 6.15 Å². The van der Waals surface area contributed by atoms with Gasteiger partial charge in [-0.05, 0) is 0 Å². The van der Waals surface area contributed by atoms with E-state index >= 15 is 0 Å². The maximum absolute atomic E-state index is 11.6. The second-order valence-electron chi connectivity index (χ2n) is 2.69. The number of halogens is 3. The molecule has 2 nitrogen and oxygen atoms in total. The summed E-state index contributed by atoms with van der Waals surface area (Å²) in [7, 11) is 0. The van der Waals surface area contributed by atoms with E-state index in [0.29, 0.717) is 6.61 Å². The first kappa shape index (κ1) is 13.3. The van der Waals surface area contributed by atoms with Crippen LogP contribution in [0, 0.1) is 0 Å². The molecule has 0 radical (unpaired) electrons. The van der Waals surface area contributed by atoms with Crippen LogP contribution in [-0.4, -0.2) is 32.9 Å². The van der Waals surface area contributed by atoms with Crippen LogP contribution in [0.3, 0.4) is 0 Å². The molecule has 0 saturated carbocycles. The normalized spacial score (nSPS) is 11.7. The van der Waals surface area contributed by atoms with Gasteiger partial charge >= 0.3 is 82.9 Å². The van der Waals surface area contributed by atoms with Crippen LogP contribution in [0.5, 0.6) is 0 Å². The summed E-state index contributed by atoms with van der Waals surface area (Å²) in [6.07, 6.45) is -4.29. The molecular formula is C7H13F3O2Sn. The Balaban J connectivity index is 3.37. The van der Waals surface area contributed by atoms with E-state index in [-0.39, 0.29) is 10.9 Å². The number of hydrogen-bond donors (Lipinski definition) is 0. The minimum atomic E-state index is -4.13. The summed E-state index contributed by atoms with van der Waals surface area (Å²) >= 11 is -3.08. The molecule has 0 heterocycles. The molecule has 0 aliphatic rings. The van der Waals surface area contributed by atoms with Gasteiger partial charge in [-0.15, -0.1) is 0 Å². The number of rotatable bonds is 6. The molecule has 0 N–H and O–H groups in total. The summed E-state index contributed by atoms with van der Waals surface area (Å²) < 4.78 is 50.9. The molecular weight excluding hydrogens is 292 g/mol. The SMILES string of the molecule is CCC[O][Sn](=[O])[CH2]CCC(F)(F)F. The molecule has 6 heteroatoms. The first-order valence-corrected chi connectivity index (χ1v) is 8.53. The Labute approximate surface area is 83.1 Å². The zero-order valence-corrected chi connectivity index (χ0v) is 10.3. The number of hydrogen-bond acceptors (Lipinski definition) is 2. The molecule has 78 valence electrons.